The van der Waals surface area contributed by atoms with E-state index in [1.165, 1.54) is 0 Å². The number of imidazole rings is 2. The first-order chi connectivity index (χ1) is 24.3. The van der Waals surface area contributed by atoms with E-state index in [1.807, 2.05) is 53.9 Å². The van der Waals surface area contributed by atoms with Gasteiger partial charge in [0.25, 0.3) is 0 Å². The van der Waals surface area contributed by atoms with Crippen LogP contribution in [0.3, 0.4) is 0 Å². The van der Waals surface area contributed by atoms with Gasteiger partial charge in [-0.15, -0.1) is 0 Å². The lowest BCUT2D eigenvalue weighted by Gasteiger charge is -2.27. The first-order valence-electron chi connectivity index (χ1n) is 17.9. The van der Waals surface area contributed by atoms with Gasteiger partial charge in [0.15, 0.2) is 0 Å². The molecular weight excluding hydrogens is 646 g/mol. The maximum absolute atomic E-state index is 13.0. The molecule has 12 heteroatoms. The zero-order chi connectivity index (χ0) is 36.1. The number of nitrogens with zero attached hydrogens (tertiary/aromatic N) is 5. The van der Waals surface area contributed by atoms with Crippen molar-refractivity contribution in [3.63, 3.8) is 0 Å². The monoisotopic (exact) mass is 695 g/mol. The summed E-state index contributed by atoms with van der Waals surface area (Å²) in [7, 11) is 1.72. The Labute approximate surface area is 298 Å². The number of carbonyl (C=O) groups is 2. The summed E-state index contributed by atoms with van der Waals surface area (Å²) in [6.45, 7) is 13.8. The van der Waals surface area contributed by atoms with Crippen LogP contribution >= 0.6 is 0 Å². The van der Waals surface area contributed by atoms with Gasteiger partial charge in [-0.2, -0.15) is 0 Å². The molecule has 0 radical (unpaired) electrons. The lowest BCUT2D eigenvalue weighted by molar-refractivity contribution is 0.0208. The van der Waals surface area contributed by atoms with Gasteiger partial charge in [-0.3, -0.25) is 9.80 Å². The van der Waals surface area contributed by atoms with Gasteiger partial charge in [-0.1, -0.05) is 24.3 Å². The van der Waals surface area contributed by atoms with Crippen molar-refractivity contribution < 1.29 is 23.8 Å². The fourth-order valence-electron chi connectivity index (χ4n) is 7.34. The van der Waals surface area contributed by atoms with Gasteiger partial charge in [0.1, 0.15) is 22.9 Å². The fourth-order valence-corrected chi connectivity index (χ4v) is 7.34. The molecule has 7 rings (SSSR count). The van der Waals surface area contributed by atoms with Crippen LogP contribution in [-0.4, -0.2) is 84.5 Å². The van der Waals surface area contributed by atoms with Crippen LogP contribution in [0.1, 0.15) is 91.0 Å². The third-order valence-corrected chi connectivity index (χ3v) is 9.59. The third kappa shape index (κ3) is 7.06. The van der Waals surface area contributed by atoms with E-state index in [0.29, 0.717) is 26.2 Å². The molecule has 0 aliphatic carbocycles. The highest BCUT2D eigenvalue weighted by Crippen LogP contribution is 2.38. The minimum Gasteiger partial charge on any atom is -0.444 e. The molecule has 2 amide bonds. The number of ether oxygens (including phenoxy) is 3. The molecule has 5 heterocycles. The van der Waals surface area contributed by atoms with Gasteiger partial charge in [-0.25, -0.2) is 19.6 Å². The maximum Gasteiger partial charge on any atom is 0.410 e. The number of hydrogen-bond donors (Lipinski definition) is 2. The smallest absolute Gasteiger partial charge is 0.410 e. The lowest BCUT2D eigenvalue weighted by Crippen LogP contribution is -2.36. The summed E-state index contributed by atoms with van der Waals surface area (Å²) in [6.07, 6.45) is 6.56. The average Bonchev–Trinajstić information content (AvgIpc) is 3.90. The zero-order valence-electron chi connectivity index (χ0n) is 30.7. The number of fused-ring (bicyclic) bond motifs is 3. The van der Waals surface area contributed by atoms with E-state index >= 15 is 0 Å². The second-order valence-corrected chi connectivity index (χ2v) is 15.6. The molecular formula is C39H49N7O5. The number of aromatic nitrogens is 5. The Bertz CT molecular complexity index is 1920. The second-order valence-electron chi connectivity index (χ2n) is 15.6. The Balaban J connectivity index is 1.18. The van der Waals surface area contributed by atoms with Crippen molar-refractivity contribution in [3.8, 4) is 22.5 Å². The molecule has 2 saturated heterocycles. The number of methoxy groups -OCH3 is 1. The van der Waals surface area contributed by atoms with E-state index in [2.05, 4.69) is 50.9 Å². The maximum atomic E-state index is 13.0. The number of rotatable bonds is 7. The molecule has 0 unspecified atom stereocenters. The van der Waals surface area contributed by atoms with Gasteiger partial charge in [-0.05, 0) is 79.4 Å². The van der Waals surface area contributed by atoms with Crippen LogP contribution in [0.4, 0.5) is 9.59 Å². The zero-order valence-corrected chi connectivity index (χ0v) is 30.7. The summed E-state index contributed by atoms with van der Waals surface area (Å²) in [4.78, 5) is 46.0. The molecule has 2 aromatic carbocycles. The number of benzene rings is 2. The van der Waals surface area contributed by atoms with Crippen LogP contribution in [-0.2, 0) is 20.8 Å². The molecule has 0 spiro atoms. The summed E-state index contributed by atoms with van der Waals surface area (Å²) in [5.74, 6) is 1.53. The van der Waals surface area contributed by atoms with Crippen molar-refractivity contribution in [2.24, 2.45) is 0 Å². The van der Waals surface area contributed by atoms with Crippen LogP contribution < -0.4 is 0 Å². The van der Waals surface area contributed by atoms with E-state index in [1.54, 1.807) is 16.9 Å². The number of aromatic amines is 2. The summed E-state index contributed by atoms with van der Waals surface area (Å²) >= 11 is 0. The molecule has 0 bridgehead atoms. The Morgan fingerprint density at radius 2 is 1.20 bits per heavy atom. The molecule has 270 valence electrons. The van der Waals surface area contributed by atoms with Crippen molar-refractivity contribution in [1.29, 1.82) is 0 Å². The SMILES string of the molecule is COCCn1c2cc(-c3cnc([C@@H]4CCCN4C(=O)OC(C)(C)C)[nH]3)ccc2c2ccc(-c3cnc([C@@H]4CCCN4C(=O)OC(C)(C)C)[nH]3)cc21. The number of hydrogen-bond acceptors (Lipinski definition) is 7. The number of nitrogens with one attached hydrogen (secondary N) is 2. The number of amides is 2. The summed E-state index contributed by atoms with van der Waals surface area (Å²) < 4.78 is 19.2. The highest BCUT2D eigenvalue weighted by atomic mass is 16.6. The molecule has 0 saturated carbocycles. The molecule has 2 aliphatic heterocycles. The van der Waals surface area contributed by atoms with E-state index in [-0.39, 0.29) is 24.3 Å². The molecule has 2 fully saturated rings. The highest BCUT2D eigenvalue weighted by Gasteiger charge is 2.36. The Hall–Kier alpha value is -4.84. The van der Waals surface area contributed by atoms with Crippen LogP contribution in [0.2, 0.25) is 0 Å². The first kappa shape index (κ1) is 34.6. The minimum atomic E-state index is -0.558. The molecule has 3 aromatic heterocycles. The van der Waals surface area contributed by atoms with Crippen LogP contribution in [0.15, 0.2) is 48.8 Å². The van der Waals surface area contributed by atoms with Crippen molar-refractivity contribution >= 4 is 34.0 Å². The molecule has 2 aliphatic rings. The van der Waals surface area contributed by atoms with Gasteiger partial charge in [0.2, 0.25) is 0 Å². The third-order valence-electron chi connectivity index (χ3n) is 9.59. The second kappa shape index (κ2) is 13.4. The number of likely N-dealkylation sites (tertiary alicyclic amines) is 2. The summed E-state index contributed by atoms with van der Waals surface area (Å²) in [5, 5.41) is 2.29. The van der Waals surface area contributed by atoms with E-state index in [9.17, 15) is 9.59 Å². The topological polar surface area (TPSA) is 131 Å². The van der Waals surface area contributed by atoms with Gasteiger partial charge in [0, 0.05) is 59.7 Å². The summed E-state index contributed by atoms with van der Waals surface area (Å²) in [5.41, 5.74) is 4.87. The van der Waals surface area contributed by atoms with Crippen LogP contribution in [0.5, 0.6) is 0 Å². The van der Waals surface area contributed by atoms with E-state index < -0.39 is 11.2 Å². The van der Waals surface area contributed by atoms with E-state index in [0.717, 1.165) is 81.7 Å². The minimum absolute atomic E-state index is 0.152. The van der Waals surface area contributed by atoms with Crippen molar-refractivity contribution in [2.75, 3.05) is 26.8 Å². The highest BCUT2D eigenvalue weighted by molar-refractivity contribution is 6.10. The molecule has 5 aromatic rings. The van der Waals surface area contributed by atoms with Crippen LogP contribution in [0, 0.1) is 0 Å². The van der Waals surface area contributed by atoms with Gasteiger partial charge >= 0.3 is 12.2 Å². The normalized spacial score (nSPS) is 18.3. The van der Waals surface area contributed by atoms with E-state index in [4.69, 9.17) is 24.2 Å². The molecule has 2 N–H and O–H groups in total. The fraction of sp³-hybridized carbons (Fsp3) is 0.487. The van der Waals surface area contributed by atoms with Crippen molar-refractivity contribution in [1.82, 2.24) is 34.3 Å². The quantitative estimate of drug-likeness (QED) is 0.175. The van der Waals surface area contributed by atoms with Crippen molar-refractivity contribution in [3.05, 3.63) is 60.4 Å². The lowest BCUT2D eigenvalue weighted by atomic mass is 10.1. The number of H-pyrrole nitrogens is 2. The van der Waals surface area contributed by atoms with Crippen LogP contribution in [0.25, 0.3) is 44.3 Å². The predicted octanol–water partition coefficient (Wildman–Crippen LogP) is 8.37. The first-order valence-corrected chi connectivity index (χ1v) is 17.9. The predicted molar refractivity (Wildman–Crippen MR) is 196 cm³/mol. The Kier molecular flexibility index (Phi) is 9.07. The average molecular weight is 696 g/mol. The molecule has 2 atom stereocenters. The van der Waals surface area contributed by atoms with Gasteiger partial charge < -0.3 is 28.7 Å². The largest absolute Gasteiger partial charge is 0.444 e. The number of carbonyl (C=O) groups excluding carboxylic acids is 2. The standard InChI is InChI=1S/C39H49N7O5/c1-38(2,3)50-36(47)45-16-8-10-30(45)34-40-22-28(42-34)24-12-14-26-27-15-13-25(21-33(27)44(18-19-49-7)32(26)20-24)29-23-41-35(43-29)31-11-9-17-46(31)37(48)51-39(4,5)6/h12-15,20-23,30-31H,8-11,16-19H2,1-7H3,(H,40,42)(H,41,43)/t30-,31-/m0/s1. The molecule has 12 nitrogen and oxygen atoms in total. The molecule has 51 heavy (non-hydrogen) atoms. The van der Waals surface area contributed by atoms with Gasteiger partial charge in [0.05, 0.1) is 42.5 Å². The Morgan fingerprint density at radius 1 is 0.745 bits per heavy atom. The summed E-state index contributed by atoms with van der Waals surface area (Å²) in [6, 6.07) is 12.7. The Morgan fingerprint density at radius 3 is 1.61 bits per heavy atom. The van der Waals surface area contributed by atoms with Crippen molar-refractivity contribution in [2.45, 2.75) is 97.1 Å².